The largest absolute Gasteiger partial charge is 0.493 e. The minimum Gasteiger partial charge on any atom is -0.493 e. The van der Waals surface area contributed by atoms with Crippen LogP contribution in [0.2, 0.25) is 0 Å². The maximum Gasteiger partial charge on any atom is 0.355 e. The van der Waals surface area contributed by atoms with Crippen LogP contribution >= 0.6 is 0 Å². The Bertz CT molecular complexity index is 1320. The van der Waals surface area contributed by atoms with Gasteiger partial charge in [-0.1, -0.05) is 30.3 Å². The van der Waals surface area contributed by atoms with Crippen molar-refractivity contribution in [2.24, 2.45) is 5.73 Å². The van der Waals surface area contributed by atoms with E-state index >= 15 is 0 Å². The van der Waals surface area contributed by atoms with Crippen LogP contribution < -0.4 is 20.1 Å². The van der Waals surface area contributed by atoms with E-state index in [0.717, 1.165) is 19.1 Å². The molecule has 35 heavy (non-hydrogen) atoms. The minimum atomic E-state index is -1.02. The number of nitriles is 2. The van der Waals surface area contributed by atoms with E-state index in [1.54, 1.807) is 30.3 Å². The van der Waals surface area contributed by atoms with Gasteiger partial charge in [-0.2, -0.15) is 10.5 Å². The fourth-order valence-electron chi connectivity index (χ4n) is 3.91. The summed E-state index contributed by atoms with van der Waals surface area (Å²) >= 11 is 0. The van der Waals surface area contributed by atoms with Gasteiger partial charge in [0.15, 0.2) is 11.5 Å². The number of methoxy groups -OCH3 is 4. The Kier molecular flexibility index (Phi) is 7.28. The normalized spacial score (nSPS) is 15.1. The van der Waals surface area contributed by atoms with Crippen LogP contribution in [0.15, 0.2) is 65.1 Å². The molecule has 0 bridgehead atoms. The van der Waals surface area contributed by atoms with Crippen LogP contribution in [0, 0.1) is 22.7 Å². The molecular formula is C25H22N4O6. The molecule has 1 unspecified atom stereocenters. The van der Waals surface area contributed by atoms with Crippen molar-refractivity contribution in [3.63, 3.8) is 0 Å². The Balaban J connectivity index is 2.49. The summed E-state index contributed by atoms with van der Waals surface area (Å²) in [5, 5.41) is 20.0. The van der Waals surface area contributed by atoms with Crippen LogP contribution in [0.25, 0.3) is 0 Å². The number of esters is 2. The Labute approximate surface area is 202 Å². The van der Waals surface area contributed by atoms with E-state index in [9.17, 15) is 20.1 Å². The standard InChI is InChI=1S/C25H22N4O6/c1-32-18-10-15(12-26)17(11-19(18)33-2)29-22(25(31)35-4)21(24(30)34-3)20(16(13-27)23(29)28)14-8-6-5-7-9-14/h5-11,20H,28H2,1-4H3. The SMILES string of the molecule is COC(=O)C1=C(C(=O)OC)N(c2cc(OC)c(OC)cc2C#N)C(N)=C(C#N)C1c1ccccc1. The molecular weight excluding hydrogens is 452 g/mol. The van der Waals surface area contributed by atoms with E-state index in [4.69, 9.17) is 24.7 Å². The van der Waals surface area contributed by atoms with Crippen molar-refractivity contribution in [1.29, 1.82) is 10.5 Å². The Morgan fingerprint density at radius 1 is 0.914 bits per heavy atom. The zero-order chi connectivity index (χ0) is 25.7. The summed E-state index contributed by atoms with van der Waals surface area (Å²) in [6, 6.07) is 15.5. The quantitative estimate of drug-likeness (QED) is 0.619. The highest BCUT2D eigenvalue weighted by Gasteiger charge is 2.43. The number of benzene rings is 2. The molecule has 10 nitrogen and oxygen atoms in total. The van der Waals surface area contributed by atoms with E-state index in [0.29, 0.717) is 5.56 Å². The molecule has 0 saturated carbocycles. The Morgan fingerprint density at radius 2 is 1.51 bits per heavy atom. The number of ether oxygens (including phenoxy) is 4. The lowest BCUT2D eigenvalue weighted by Gasteiger charge is -2.36. The van der Waals surface area contributed by atoms with Gasteiger partial charge in [0.2, 0.25) is 0 Å². The summed E-state index contributed by atoms with van der Waals surface area (Å²) in [6.45, 7) is 0. The highest BCUT2D eigenvalue weighted by Crippen LogP contribution is 2.45. The molecule has 2 N–H and O–H groups in total. The second kappa shape index (κ2) is 10.3. The third-order valence-electron chi connectivity index (χ3n) is 5.47. The van der Waals surface area contributed by atoms with Gasteiger partial charge in [0, 0.05) is 12.1 Å². The monoisotopic (exact) mass is 474 g/mol. The maximum atomic E-state index is 13.1. The van der Waals surface area contributed by atoms with Crippen LogP contribution in [-0.4, -0.2) is 40.4 Å². The molecule has 2 aromatic carbocycles. The number of anilines is 1. The maximum absolute atomic E-state index is 13.1. The van der Waals surface area contributed by atoms with Gasteiger partial charge in [-0.05, 0) is 5.56 Å². The van der Waals surface area contributed by atoms with Crippen molar-refractivity contribution >= 4 is 17.6 Å². The zero-order valence-corrected chi connectivity index (χ0v) is 19.5. The van der Waals surface area contributed by atoms with Crippen molar-refractivity contribution in [3.8, 4) is 23.6 Å². The van der Waals surface area contributed by atoms with E-state index in [1.165, 1.54) is 26.4 Å². The van der Waals surface area contributed by atoms with Crippen molar-refractivity contribution in [2.75, 3.05) is 33.3 Å². The number of nitrogens with zero attached hydrogens (tertiary/aromatic N) is 3. The van der Waals surface area contributed by atoms with Gasteiger partial charge in [-0.25, -0.2) is 9.59 Å². The van der Waals surface area contributed by atoms with Crippen LogP contribution in [0.3, 0.4) is 0 Å². The summed E-state index contributed by atoms with van der Waals surface area (Å²) in [5.41, 5.74) is 6.62. The molecule has 0 radical (unpaired) electrons. The summed E-state index contributed by atoms with van der Waals surface area (Å²) in [5.74, 6) is -2.51. The third-order valence-corrected chi connectivity index (χ3v) is 5.47. The molecule has 0 fully saturated rings. The molecule has 178 valence electrons. The minimum absolute atomic E-state index is 0.0251. The van der Waals surface area contributed by atoms with E-state index in [1.807, 2.05) is 6.07 Å². The molecule has 3 rings (SSSR count). The fraction of sp³-hybridized carbons (Fsp3) is 0.200. The van der Waals surface area contributed by atoms with Gasteiger partial charge in [0.25, 0.3) is 0 Å². The van der Waals surface area contributed by atoms with Gasteiger partial charge in [-0.3, -0.25) is 4.90 Å². The Hall–Kier alpha value is -4.96. The lowest BCUT2D eigenvalue weighted by molar-refractivity contribution is -0.139. The predicted octanol–water partition coefficient (Wildman–Crippen LogP) is 2.47. The van der Waals surface area contributed by atoms with Crippen molar-refractivity contribution in [2.45, 2.75) is 5.92 Å². The molecule has 2 aromatic rings. The van der Waals surface area contributed by atoms with Gasteiger partial charge in [0.05, 0.1) is 62.8 Å². The topological polar surface area (TPSA) is 148 Å². The second-order valence-electron chi connectivity index (χ2n) is 7.17. The zero-order valence-electron chi connectivity index (χ0n) is 19.5. The first-order valence-corrected chi connectivity index (χ1v) is 10.2. The number of hydrogen-bond donors (Lipinski definition) is 1. The van der Waals surface area contributed by atoms with Gasteiger partial charge in [-0.15, -0.1) is 0 Å². The highest BCUT2D eigenvalue weighted by atomic mass is 16.5. The Morgan fingerprint density at radius 3 is 2.03 bits per heavy atom. The molecule has 0 aromatic heterocycles. The summed E-state index contributed by atoms with van der Waals surface area (Å²) in [4.78, 5) is 27.4. The van der Waals surface area contributed by atoms with Gasteiger partial charge < -0.3 is 24.7 Å². The first kappa shape index (κ1) is 24.7. The summed E-state index contributed by atoms with van der Waals surface area (Å²) in [7, 11) is 5.09. The average molecular weight is 474 g/mol. The predicted molar refractivity (Wildman–Crippen MR) is 124 cm³/mol. The summed E-state index contributed by atoms with van der Waals surface area (Å²) < 4.78 is 20.6. The lowest BCUT2D eigenvalue weighted by atomic mass is 9.80. The molecule has 1 atom stereocenters. The molecule has 10 heteroatoms. The molecule has 1 heterocycles. The van der Waals surface area contributed by atoms with Crippen LogP contribution in [-0.2, 0) is 19.1 Å². The van der Waals surface area contributed by atoms with Crippen molar-refractivity contribution < 1.29 is 28.5 Å². The lowest BCUT2D eigenvalue weighted by Crippen LogP contribution is -2.41. The fourth-order valence-corrected chi connectivity index (χ4v) is 3.91. The molecule has 1 aliphatic rings. The van der Waals surface area contributed by atoms with Crippen LogP contribution in [0.1, 0.15) is 17.0 Å². The molecule has 0 saturated heterocycles. The average Bonchev–Trinajstić information content (AvgIpc) is 2.90. The number of carbonyl (C=O) groups is 2. The van der Waals surface area contributed by atoms with Crippen molar-refractivity contribution in [1.82, 2.24) is 0 Å². The number of hydrogen-bond acceptors (Lipinski definition) is 10. The van der Waals surface area contributed by atoms with E-state index in [-0.39, 0.29) is 45.4 Å². The van der Waals surface area contributed by atoms with Crippen LogP contribution in [0.5, 0.6) is 11.5 Å². The van der Waals surface area contributed by atoms with E-state index < -0.39 is 17.9 Å². The van der Waals surface area contributed by atoms with Crippen molar-refractivity contribution in [3.05, 3.63) is 76.3 Å². The van der Waals surface area contributed by atoms with Crippen LogP contribution in [0.4, 0.5) is 5.69 Å². The third kappa shape index (κ3) is 4.21. The first-order valence-electron chi connectivity index (χ1n) is 10.2. The second-order valence-corrected chi connectivity index (χ2v) is 7.17. The number of rotatable bonds is 6. The number of carbonyl (C=O) groups excluding carboxylic acids is 2. The number of nitrogens with two attached hydrogens (primary N) is 1. The first-order chi connectivity index (χ1) is 16.9. The molecule has 1 aliphatic heterocycles. The number of allylic oxidation sites excluding steroid dienone is 1. The van der Waals surface area contributed by atoms with Gasteiger partial charge >= 0.3 is 11.9 Å². The molecule has 0 spiro atoms. The molecule has 0 aliphatic carbocycles. The smallest absolute Gasteiger partial charge is 0.355 e. The summed E-state index contributed by atoms with van der Waals surface area (Å²) in [6.07, 6.45) is 0. The molecule has 0 amide bonds. The van der Waals surface area contributed by atoms with E-state index in [2.05, 4.69) is 6.07 Å². The highest BCUT2D eigenvalue weighted by molar-refractivity contribution is 6.06. The van der Waals surface area contributed by atoms with Gasteiger partial charge in [0.1, 0.15) is 17.6 Å².